The number of aryl methyl sites for hydroxylation is 1. The van der Waals surface area contributed by atoms with Crippen LogP contribution in [0.5, 0.6) is 0 Å². The number of hydrogen-bond acceptors (Lipinski definition) is 5. The first-order chi connectivity index (χ1) is 12.2. The van der Waals surface area contributed by atoms with E-state index in [-0.39, 0.29) is 33.1 Å². The number of halogens is 1. The van der Waals surface area contributed by atoms with Crippen LogP contribution in [0.1, 0.15) is 45.7 Å². The third-order valence-corrected chi connectivity index (χ3v) is 8.14. The lowest BCUT2D eigenvalue weighted by Crippen LogP contribution is -2.43. The first kappa shape index (κ1) is 17.9. The molecule has 0 saturated heterocycles. The Balaban J connectivity index is 1.62. The van der Waals surface area contributed by atoms with Crippen LogP contribution in [0.4, 0.5) is 0 Å². The maximum Gasteiger partial charge on any atom is 0.261 e. The molecule has 2 atom stereocenters. The average molecular weight is 413 g/mol. The summed E-state index contributed by atoms with van der Waals surface area (Å²) in [5.41, 5.74) is 1.07. The zero-order chi connectivity index (χ0) is 18.7. The Kier molecular flexibility index (Phi) is 4.16. The average Bonchev–Trinajstić information content (AvgIpc) is 3.18. The zero-order valence-electron chi connectivity index (χ0n) is 13.9. The standard InChI is InChI=1S/C17H17ClN2O4S2/c1-17(22)8-19-26(23,24)16-12(17)7-14(25-16)15(21)20-13-5-2-9-6-10(18)3-4-11(9)13/h3-4,6-7,13,19,22H,2,5,8H2,1H3,(H,20,21)/t13-,17?/m1/s1. The number of fused-ring (bicyclic) bond motifs is 2. The van der Waals surface area contributed by atoms with Gasteiger partial charge in [-0.25, -0.2) is 13.1 Å². The summed E-state index contributed by atoms with van der Waals surface area (Å²) in [6, 6.07) is 6.95. The fraction of sp³-hybridized carbons (Fsp3) is 0.353. The van der Waals surface area contributed by atoms with Gasteiger partial charge in [0.25, 0.3) is 15.9 Å². The first-order valence-corrected chi connectivity index (χ1v) is 10.8. The van der Waals surface area contributed by atoms with E-state index >= 15 is 0 Å². The third-order valence-electron chi connectivity index (χ3n) is 4.84. The highest BCUT2D eigenvalue weighted by atomic mass is 35.5. The van der Waals surface area contributed by atoms with E-state index in [1.807, 2.05) is 12.1 Å². The quantitative estimate of drug-likeness (QED) is 0.705. The number of carbonyl (C=O) groups excluding carboxylic acids is 1. The lowest BCUT2D eigenvalue weighted by atomic mass is 9.99. The Morgan fingerprint density at radius 3 is 2.92 bits per heavy atom. The molecule has 1 unspecified atom stereocenters. The van der Waals surface area contributed by atoms with Crippen molar-refractivity contribution in [1.82, 2.24) is 10.0 Å². The summed E-state index contributed by atoms with van der Waals surface area (Å²) >= 11 is 6.89. The molecular formula is C17H17ClN2O4S2. The minimum atomic E-state index is -3.69. The number of rotatable bonds is 2. The fourth-order valence-corrected chi connectivity index (χ4v) is 6.59. The molecule has 0 spiro atoms. The van der Waals surface area contributed by atoms with Gasteiger partial charge < -0.3 is 10.4 Å². The maximum atomic E-state index is 12.7. The smallest absolute Gasteiger partial charge is 0.261 e. The van der Waals surface area contributed by atoms with Crippen LogP contribution >= 0.6 is 22.9 Å². The molecule has 1 aromatic carbocycles. The molecular weight excluding hydrogens is 396 g/mol. The van der Waals surface area contributed by atoms with Gasteiger partial charge in [-0.2, -0.15) is 0 Å². The molecule has 0 fully saturated rings. The van der Waals surface area contributed by atoms with Gasteiger partial charge in [0.15, 0.2) is 0 Å². The van der Waals surface area contributed by atoms with E-state index in [0.29, 0.717) is 5.02 Å². The van der Waals surface area contributed by atoms with Crippen molar-refractivity contribution in [2.45, 2.75) is 35.6 Å². The number of hydrogen-bond donors (Lipinski definition) is 3. The monoisotopic (exact) mass is 412 g/mol. The summed E-state index contributed by atoms with van der Waals surface area (Å²) in [7, 11) is -3.69. The molecule has 3 N–H and O–H groups in total. The SMILES string of the molecule is CC1(O)CNS(=O)(=O)c2sc(C(=O)N[C@@H]3CCc4cc(Cl)ccc43)cc21. The predicted molar refractivity (Wildman–Crippen MR) is 99.1 cm³/mol. The summed E-state index contributed by atoms with van der Waals surface area (Å²) in [4.78, 5) is 13.0. The highest BCUT2D eigenvalue weighted by Gasteiger charge is 2.40. The van der Waals surface area contributed by atoms with Crippen LogP contribution in [0.15, 0.2) is 28.5 Å². The van der Waals surface area contributed by atoms with Gasteiger partial charge in [0.1, 0.15) is 9.81 Å². The number of carbonyl (C=O) groups is 1. The Labute approximate surface area is 160 Å². The molecule has 9 heteroatoms. The second-order valence-corrected chi connectivity index (χ2v) is 10.3. The van der Waals surface area contributed by atoms with Crippen molar-refractivity contribution in [3.63, 3.8) is 0 Å². The maximum absolute atomic E-state index is 12.7. The van der Waals surface area contributed by atoms with Gasteiger partial charge in [-0.3, -0.25) is 4.79 Å². The minimum Gasteiger partial charge on any atom is -0.384 e. The molecule has 2 aromatic rings. The van der Waals surface area contributed by atoms with Gasteiger partial charge in [-0.15, -0.1) is 11.3 Å². The lowest BCUT2D eigenvalue weighted by Gasteiger charge is -2.28. The molecule has 6 nitrogen and oxygen atoms in total. The van der Waals surface area contributed by atoms with Crippen molar-refractivity contribution in [3.05, 3.63) is 50.9 Å². The highest BCUT2D eigenvalue weighted by Crippen LogP contribution is 2.38. The molecule has 2 heterocycles. The molecule has 1 amide bonds. The second-order valence-electron chi connectivity index (χ2n) is 6.82. The highest BCUT2D eigenvalue weighted by molar-refractivity contribution is 7.91. The number of nitrogens with one attached hydrogen (secondary N) is 2. The van der Waals surface area contributed by atoms with E-state index in [9.17, 15) is 18.3 Å². The van der Waals surface area contributed by atoms with Crippen molar-refractivity contribution in [2.24, 2.45) is 0 Å². The van der Waals surface area contributed by atoms with Gasteiger partial charge >= 0.3 is 0 Å². The van der Waals surface area contributed by atoms with Crippen LogP contribution in [-0.4, -0.2) is 26.0 Å². The Bertz CT molecular complexity index is 1010. The van der Waals surface area contributed by atoms with Gasteiger partial charge in [0, 0.05) is 17.1 Å². The topological polar surface area (TPSA) is 95.5 Å². The van der Waals surface area contributed by atoms with Crippen LogP contribution in [0.2, 0.25) is 5.02 Å². The zero-order valence-corrected chi connectivity index (χ0v) is 16.3. The van der Waals surface area contributed by atoms with Crippen LogP contribution in [0.3, 0.4) is 0 Å². The van der Waals surface area contributed by atoms with Crippen LogP contribution in [0, 0.1) is 0 Å². The lowest BCUT2D eigenvalue weighted by molar-refractivity contribution is 0.0577. The molecule has 0 radical (unpaired) electrons. The van der Waals surface area contributed by atoms with Crippen molar-refractivity contribution < 1.29 is 18.3 Å². The summed E-state index contributed by atoms with van der Waals surface area (Å²) in [5, 5.41) is 14.1. The van der Waals surface area contributed by atoms with Gasteiger partial charge in [-0.05, 0) is 49.1 Å². The first-order valence-electron chi connectivity index (χ1n) is 8.13. The molecule has 1 aromatic heterocycles. The number of β-amino-alcohol motifs (C(OH)–C–C–N with tert-alkyl or cyclic N) is 1. The molecule has 138 valence electrons. The Hall–Kier alpha value is -1.45. The van der Waals surface area contributed by atoms with Crippen LogP contribution in [0.25, 0.3) is 0 Å². The van der Waals surface area contributed by atoms with Gasteiger partial charge in [-0.1, -0.05) is 17.7 Å². The summed E-state index contributed by atoms with van der Waals surface area (Å²) in [5.74, 6) is -0.344. The predicted octanol–water partition coefficient (Wildman–Crippen LogP) is 2.32. The normalized spacial score (nSPS) is 26.2. The minimum absolute atomic E-state index is 0.00231. The van der Waals surface area contributed by atoms with Gasteiger partial charge in [0.2, 0.25) is 0 Å². The summed E-state index contributed by atoms with van der Waals surface area (Å²) in [6.07, 6.45) is 1.60. The van der Waals surface area contributed by atoms with Gasteiger partial charge in [0.05, 0.1) is 10.9 Å². The van der Waals surface area contributed by atoms with E-state index in [0.717, 1.165) is 35.3 Å². The molecule has 0 bridgehead atoms. The van der Waals surface area contributed by atoms with Crippen molar-refractivity contribution in [1.29, 1.82) is 0 Å². The van der Waals surface area contributed by atoms with Crippen LogP contribution in [-0.2, 0) is 22.0 Å². The van der Waals surface area contributed by atoms with Crippen molar-refractivity contribution >= 4 is 38.9 Å². The van der Waals surface area contributed by atoms with Crippen LogP contribution < -0.4 is 10.0 Å². The van der Waals surface area contributed by atoms with E-state index in [2.05, 4.69) is 10.0 Å². The Morgan fingerprint density at radius 2 is 2.19 bits per heavy atom. The molecule has 1 aliphatic carbocycles. The van der Waals surface area contributed by atoms with E-state index < -0.39 is 15.6 Å². The van der Waals surface area contributed by atoms with Crippen molar-refractivity contribution in [3.8, 4) is 0 Å². The number of amides is 1. The number of sulfonamides is 1. The van der Waals surface area contributed by atoms with E-state index in [1.54, 1.807) is 6.07 Å². The molecule has 0 saturated carbocycles. The molecule has 26 heavy (non-hydrogen) atoms. The number of aliphatic hydroxyl groups is 1. The number of thiophene rings is 1. The fourth-order valence-electron chi connectivity index (χ4n) is 3.42. The summed E-state index contributed by atoms with van der Waals surface area (Å²) < 4.78 is 26.7. The Morgan fingerprint density at radius 1 is 1.42 bits per heavy atom. The third kappa shape index (κ3) is 2.95. The summed E-state index contributed by atoms with van der Waals surface area (Å²) in [6.45, 7) is 1.41. The number of benzene rings is 1. The van der Waals surface area contributed by atoms with E-state index in [4.69, 9.17) is 11.6 Å². The van der Waals surface area contributed by atoms with E-state index in [1.165, 1.54) is 13.0 Å². The van der Waals surface area contributed by atoms with Crippen molar-refractivity contribution in [2.75, 3.05) is 6.54 Å². The largest absolute Gasteiger partial charge is 0.384 e. The molecule has 2 aliphatic rings. The molecule has 1 aliphatic heterocycles. The molecule has 4 rings (SSSR count). The second kappa shape index (κ2) is 6.03.